The molecule has 10 nitrogen and oxygen atoms in total. The quantitative estimate of drug-likeness (QED) is 0.383. The van der Waals surface area contributed by atoms with Crippen molar-refractivity contribution in [3.05, 3.63) is 77.6 Å². The zero-order chi connectivity index (χ0) is 24.7. The number of hydrogen-bond acceptors (Lipinski definition) is 7. The van der Waals surface area contributed by atoms with Gasteiger partial charge >= 0.3 is 6.18 Å². The second-order valence-electron chi connectivity index (χ2n) is 7.19. The van der Waals surface area contributed by atoms with Gasteiger partial charge in [-0.15, -0.1) is 4.80 Å². The number of alkyl halides is 3. The number of pyridine rings is 2. The van der Waals surface area contributed by atoms with E-state index in [0.717, 1.165) is 11.0 Å². The number of nitrogen functional groups attached to an aromatic ring is 1. The molecule has 0 fully saturated rings. The molecule has 0 saturated heterocycles. The molecule has 0 unspecified atom stereocenters. The molecule has 0 aliphatic rings. The van der Waals surface area contributed by atoms with E-state index in [1.54, 1.807) is 24.3 Å². The molecule has 3 N–H and O–H groups in total. The Morgan fingerprint density at radius 2 is 1.71 bits per heavy atom. The minimum Gasteiger partial charge on any atom is -0.383 e. The highest BCUT2D eigenvalue weighted by atomic mass is 35.5. The van der Waals surface area contributed by atoms with Crippen LogP contribution >= 0.6 is 11.6 Å². The number of carbonyl (C=O) groups is 1. The van der Waals surface area contributed by atoms with Crippen LogP contribution in [0.15, 0.2) is 61.3 Å². The van der Waals surface area contributed by atoms with Crippen LogP contribution in [-0.4, -0.2) is 40.6 Å². The van der Waals surface area contributed by atoms with Gasteiger partial charge in [-0.3, -0.25) is 4.79 Å². The molecule has 0 aliphatic carbocycles. The van der Waals surface area contributed by atoms with Crippen LogP contribution in [0.1, 0.15) is 16.1 Å². The fourth-order valence-electron chi connectivity index (χ4n) is 3.51. The topological polar surface area (TPSA) is 129 Å². The molecule has 0 atom stereocenters. The molecule has 14 heteroatoms. The van der Waals surface area contributed by atoms with Crippen molar-refractivity contribution in [2.45, 2.75) is 6.18 Å². The number of amides is 1. The number of nitrogens with zero attached hydrogens (tertiary/aromatic N) is 7. The minimum atomic E-state index is -4.92. The van der Waals surface area contributed by atoms with E-state index in [4.69, 9.17) is 17.3 Å². The summed E-state index contributed by atoms with van der Waals surface area (Å²) < 4.78 is 43.1. The smallest absolute Gasteiger partial charge is 0.383 e. The largest absolute Gasteiger partial charge is 0.434 e. The van der Waals surface area contributed by atoms with Crippen LogP contribution in [0.5, 0.6) is 0 Å². The van der Waals surface area contributed by atoms with Crippen molar-refractivity contribution in [2.24, 2.45) is 0 Å². The molecule has 0 saturated carbocycles. The first-order chi connectivity index (χ1) is 16.7. The Balaban J connectivity index is 1.54. The van der Waals surface area contributed by atoms with Crippen molar-refractivity contribution in [1.29, 1.82) is 0 Å². The van der Waals surface area contributed by atoms with Gasteiger partial charge in [0.1, 0.15) is 5.82 Å². The van der Waals surface area contributed by atoms with Crippen LogP contribution in [-0.2, 0) is 6.18 Å². The summed E-state index contributed by atoms with van der Waals surface area (Å²) in [6, 6.07) is 7.87. The predicted molar refractivity (Wildman–Crippen MR) is 120 cm³/mol. The molecule has 176 valence electrons. The van der Waals surface area contributed by atoms with E-state index in [2.05, 4.69) is 30.6 Å². The van der Waals surface area contributed by atoms with Gasteiger partial charge in [0, 0.05) is 10.8 Å². The average Bonchev–Trinajstić information content (AvgIpc) is 3.50. The van der Waals surface area contributed by atoms with Crippen LogP contribution in [0, 0.1) is 0 Å². The van der Waals surface area contributed by atoms with E-state index in [9.17, 15) is 18.0 Å². The third-order valence-corrected chi connectivity index (χ3v) is 5.28. The number of aromatic nitrogens is 7. The van der Waals surface area contributed by atoms with Crippen LogP contribution < -0.4 is 11.1 Å². The molecule has 5 rings (SSSR count). The standard InChI is InChI=1S/C21H13ClF3N9O/c22-15-7-11(8-28-19(15)34-29-5-6-30-34)32-20(35)14-9-31-33(17(14)21(23,24)25)16-10-27-18(26)13-4-2-1-3-12(13)16/h1-10H,(H2,26,27)(H,32,35). The maximum Gasteiger partial charge on any atom is 0.434 e. The first-order valence-corrected chi connectivity index (χ1v) is 10.2. The summed E-state index contributed by atoms with van der Waals surface area (Å²) in [7, 11) is 0. The zero-order valence-corrected chi connectivity index (χ0v) is 18.2. The third-order valence-electron chi connectivity index (χ3n) is 5.00. The lowest BCUT2D eigenvalue weighted by Gasteiger charge is -2.15. The van der Waals surface area contributed by atoms with E-state index < -0.39 is 23.3 Å². The van der Waals surface area contributed by atoms with E-state index in [1.807, 2.05) is 0 Å². The highest BCUT2D eigenvalue weighted by molar-refractivity contribution is 6.32. The molecule has 4 heterocycles. The molecule has 0 aliphatic heterocycles. The van der Waals surface area contributed by atoms with Gasteiger partial charge in [-0.05, 0) is 6.07 Å². The lowest BCUT2D eigenvalue weighted by molar-refractivity contribution is -0.143. The van der Waals surface area contributed by atoms with Crippen molar-refractivity contribution in [1.82, 2.24) is 34.7 Å². The van der Waals surface area contributed by atoms with Crippen molar-refractivity contribution >= 4 is 39.8 Å². The van der Waals surface area contributed by atoms with Crippen LogP contribution in [0.25, 0.3) is 22.3 Å². The molecule has 0 radical (unpaired) electrons. The van der Waals surface area contributed by atoms with Crippen LogP contribution in [0.4, 0.5) is 24.7 Å². The second-order valence-corrected chi connectivity index (χ2v) is 7.60. The van der Waals surface area contributed by atoms with Crippen LogP contribution in [0.3, 0.4) is 0 Å². The first kappa shape index (κ1) is 22.3. The summed E-state index contributed by atoms with van der Waals surface area (Å²) in [4.78, 5) is 22.1. The maximum atomic E-state index is 14.1. The number of nitrogens with one attached hydrogen (secondary N) is 1. The van der Waals surface area contributed by atoms with Gasteiger partial charge in [-0.2, -0.15) is 28.5 Å². The van der Waals surface area contributed by atoms with E-state index >= 15 is 0 Å². The molecule has 0 spiro atoms. The summed E-state index contributed by atoms with van der Waals surface area (Å²) in [5.41, 5.74) is 3.97. The summed E-state index contributed by atoms with van der Waals surface area (Å²) in [5.74, 6) is -0.721. The highest BCUT2D eigenvalue weighted by Crippen LogP contribution is 2.36. The SMILES string of the molecule is Nc1ncc(-n2ncc(C(=O)Nc3cnc(-n4nccn4)c(Cl)c3)c2C(F)(F)F)c2ccccc12. The molecule has 35 heavy (non-hydrogen) atoms. The number of fused-ring (bicyclic) bond motifs is 1. The zero-order valence-electron chi connectivity index (χ0n) is 17.4. The normalized spacial score (nSPS) is 11.7. The lowest BCUT2D eigenvalue weighted by Crippen LogP contribution is -2.21. The van der Waals surface area contributed by atoms with E-state index in [1.165, 1.54) is 30.9 Å². The van der Waals surface area contributed by atoms with Gasteiger partial charge < -0.3 is 11.1 Å². The summed E-state index contributed by atoms with van der Waals surface area (Å²) in [6.45, 7) is 0. The second kappa shape index (κ2) is 8.36. The molecular weight excluding hydrogens is 487 g/mol. The molecule has 4 aromatic heterocycles. The van der Waals surface area contributed by atoms with Crippen molar-refractivity contribution in [2.75, 3.05) is 11.1 Å². The fourth-order valence-corrected chi connectivity index (χ4v) is 3.75. The van der Waals surface area contributed by atoms with E-state index in [-0.39, 0.29) is 28.0 Å². The number of halogens is 4. The summed E-state index contributed by atoms with van der Waals surface area (Å²) in [5, 5.41) is 14.9. The molecule has 0 bridgehead atoms. The summed E-state index contributed by atoms with van der Waals surface area (Å²) in [6.07, 6.45) is 1.15. The van der Waals surface area contributed by atoms with Crippen molar-refractivity contribution in [3.8, 4) is 11.5 Å². The number of anilines is 2. The Morgan fingerprint density at radius 3 is 2.40 bits per heavy atom. The van der Waals surface area contributed by atoms with Gasteiger partial charge in [0.2, 0.25) is 0 Å². The fraction of sp³-hybridized carbons (Fsp3) is 0.0476. The highest BCUT2D eigenvalue weighted by Gasteiger charge is 2.41. The number of rotatable bonds is 4. The van der Waals surface area contributed by atoms with Gasteiger partial charge in [0.25, 0.3) is 5.91 Å². The van der Waals surface area contributed by atoms with Crippen LogP contribution in [0.2, 0.25) is 5.02 Å². The van der Waals surface area contributed by atoms with Gasteiger partial charge in [0.15, 0.2) is 11.5 Å². The Bertz CT molecular complexity index is 1560. The first-order valence-electron chi connectivity index (χ1n) is 9.86. The minimum absolute atomic E-state index is 0.0157. The van der Waals surface area contributed by atoms with Gasteiger partial charge in [-0.1, -0.05) is 35.9 Å². The molecule has 1 amide bonds. The molecule has 1 aromatic carbocycles. The monoisotopic (exact) mass is 499 g/mol. The van der Waals surface area contributed by atoms with Gasteiger partial charge in [-0.25, -0.2) is 14.6 Å². The van der Waals surface area contributed by atoms with Gasteiger partial charge in [0.05, 0.1) is 52.9 Å². The Morgan fingerprint density at radius 1 is 1.00 bits per heavy atom. The van der Waals surface area contributed by atoms with E-state index in [0.29, 0.717) is 15.5 Å². The summed E-state index contributed by atoms with van der Waals surface area (Å²) >= 11 is 6.18. The third kappa shape index (κ3) is 4.01. The Hall–Kier alpha value is -4.52. The number of carbonyl (C=O) groups excluding carboxylic acids is 1. The predicted octanol–water partition coefficient (Wildman–Crippen LogP) is 3.90. The Kier molecular flexibility index (Phi) is 5.32. The van der Waals surface area contributed by atoms with Crippen molar-refractivity contribution in [3.63, 3.8) is 0 Å². The molecular formula is C21H13ClF3N9O. The number of nitrogens with two attached hydrogens (primary N) is 1. The number of benzene rings is 1. The average molecular weight is 500 g/mol. The maximum absolute atomic E-state index is 14.1. The lowest BCUT2D eigenvalue weighted by atomic mass is 10.1. The molecule has 5 aromatic rings. The van der Waals surface area contributed by atoms with Crippen molar-refractivity contribution < 1.29 is 18.0 Å². The number of hydrogen-bond donors (Lipinski definition) is 2. The Labute approximate surface area is 199 Å².